The molecule has 0 atom stereocenters. The molecule has 10 heteroatoms. The molecule has 1 aromatic heterocycles. The zero-order valence-corrected chi connectivity index (χ0v) is 16.3. The highest BCUT2D eigenvalue weighted by atomic mass is 32.2. The summed E-state index contributed by atoms with van der Waals surface area (Å²) in [6.45, 7) is 1.68. The van der Waals surface area contributed by atoms with E-state index < -0.39 is 33.1 Å². The Labute approximate surface area is 165 Å². The van der Waals surface area contributed by atoms with Gasteiger partial charge in [0.2, 0.25) is 0 Å². The number of halogens is 1. The molecule has 0 spiro atoms. The number of hydrogen-bond acceptors (Lipinski definition) is 5. The number of amides is 1. The number of nitrogens with zero attached hydrogens (tertiary/aromatic N) is 3. The third kappa shape index (κ3) is 4.16. The molecule has 0 N–H and O–H groups in total. The summed E-state index contributed by atoms with van der Waals surface area (Å²) >= 11 is 0. The van der Waals surface area contributed by atoms with Gasteiger partial charge >= 0.3 is 11.8 Å². The average Bonchev–Trinajstić information content (AvgIpc) is 2.68. The van der Waals surface area contributed by atoms with Crippen molar-refractivity contribution < 1.29 is 22.3 Å². The Morgan fingerprint density at radius 1 is 1.10 bits per heavy atom. The van der Waals surface area contributed by atoms with Crippen molar-refractivity contribution in [3.8, 4) is 5.75 Å². The summed E-state index contributed by atoms with van der Waals surface area (Å²) in [6, 6.07) is 13.8. The van der Waals surface area contributed by atoms with Crippen LogP contribution in [-0.2, 0) is 17.1 Å². The predicted octanol–water partition coefficient (Wildman–Crippen LogP) is 1.97. The summed E-state index contributed by atoms with van der Waals surface area (Å²) in [4.78, 5) is 27.8. The van der Waals surface area contributed by atoms with E-state index in [4.69, 9.17) is 4.74 Å². The number of benzene rings is 2. The third-order valence-corrected chi connectivity index (χ3v) is 5.56. The van der Waals surface area contributed by atoms with E-state index in [0.717, 1.165) is 7.05 Å². The molecule has 29 heavy (non-hydrogen) atoms. The van der Waals surface area contributed by atoms with Crippen LogP contribution in [0.5, 0.6) is 5.75 Å². The molecule has 0 saturated carbocycles. The van der Waals surface area contributed by atoms with E-state index in [1.54, 1.807) is 31.2 Å². The molecule has 3 aromatic rings. The molecule has 0 aliphatic heterocycles. The Morgan fingerprint density at radius 3 is 2.45 bits per heavy atom. The van der Waals surface area contributed by atoms with Crippen molar-refractivity contribution in [2.75, 3.05) is 0 Å². The molecular formula is C19H16FN3O5S. The van der Waals surface area contributed by atoms with Crippen molar-refractivity contribution in [3.05, 3.63) is 88.1 Å². The van der Waals surface area contributed by atoms with Crippen molar-refractivity contribution in [2.24, 2.45) is 12.0 Å². The summed E-state index contributed by atoms with van der Waals surface area (Å²) in [6.07, 6.45) is -0.682. The Bertz CT molecular complexity index is 1310. The van der Waals surface area contributed by atoms with Gasteiger partial charge in [0, 0.05) is 7.05 Å². The van der Waals surface area contributed by atoms with Crippen LogP contribution < -0.4 is 15.9 Å². The number of carbonyl (C=O) groups excluding carboxylic acids is 1. The largest absolute Gasteiger partial charge is 0.441 e. The summed E-state index contributed by atoms with van der Waals surface area (Å²) in [7, 11) is -3.25. The number of ether oxygens (including phenoxy) is 1. The van der Waals surface area contributed by atoms with Crippen molar-refractivity contribution >= 4 is 16.1 Å². The highest BCUT2D eigenvalue weighted by Gasteiger charge is 2.22. The molecule has 3 rings (SSSR count). The molecule has 8 nitrogen and oxygen atoms in total. The second-order valence-corrected chi connectivity index (χ2v) is 7.87. The fraction of sp³-hybridized carbons (Fsp3) is 0.105. The van der Waals surface area contributed by atoms with Crippen LogP contribution in [-0.4, -0.2) is 23.1 Å². The van der Waals surface area contributed by atoms with Crippen LogP contribution >= 0.6 is 0 Å². The minimum Gasteiger partial charge on any atom is -0.409 e. The third-order valence-electron chi connectivity index (χ3n) is 3.93. The maximum Gasteiger partial charge on any atom is 0.441 e. The fourth-order valence-electron chi connectivity index (χ4n) is 2.50. The Kier molecular flexibility index (Phi) is 5.46. The van der Waals surface area contributed by atoms with Crippen LogP contribution in [0.1, 0.15) is 5.56 Å². The van der Waals surface area contributed by atoms with E-state index in [2.05, 4.69) is 4.99 Å². The molecule has 1 heterocycles. The summed E-state index contributed by atoms with van der Waals surface area (Å²) in [5, 5.41) is 0. The molecule has 2 aromatic carbocycles. The Balaban J connectivity index is 2.07. The van der Waals surface area contributed by atoms with E-state index >= 15 is 0 Å². The van der Waals surface area contributed by atoms with Crippen LogP contribution in [0.2, 0.25) is 0 Å². The first-order valence-electron chi connectivity index (χ1n) is 8.32. The average molecular weight is 417 g/mol. The number of rotatable bonds is 3. The maximum atomic E-state index is 14.6. The molecule has 0 unspecified atom stereocenters. The number of aromatic nitrogens is 2. The monoisotopic (exact) mass is 417 g/mol. The predicted molar refractivity (Wildman–Crippen MR) is 101 cm³/mol. The maximum absolute atomic E-state index is 14.6. The van der Waals surface area contributed by atoms with E-state index in [9.17, 15) is 22.4 Å². The van der Waals surface area contributed by atoms with Crippen LogP contribution in [0, 0.1) is 12.7 Å². The highest BCUT2D eigenvalue weighted by molar-refractivity contribution is 7.90. The van der Waals surface area contributed by atoms with Crippen LogP contribution in [0.3, 0.4) is 0 Å². The molecule has 150 valence electrons. The first-order chi connectivity index (χ1) is 13.7. The van der Waals surface area contributed by atoms with Crippen LogP contribution in [0.15, 0.2) is 75.5 Å². The lowest BCUT2D eigenvalue weighted by Gasteiger charge is -2.10. The van der Waals surface area contributed by atoms with Crippen LogP contribution in [0.25, 0.3) is 0 Å². The number of aryl methyl sites for hydroxylation is 1. The molecule has 0 bridgehead atoms. The standard InChI is InChI=1S/C19H16FN3O5S/c1-13-7-6-10-15(11-13)29(26,27)23-12-16(20)17(22(2)19(23)25)21-18(24)28-14-8-4-3-5-9-14/h3-12H,1-2H3. The Hall–Kier alpha value is -3.53. The Morgan fingerprint density at radius 2 is 1.79 bits per heavy atom. The van der Waals surface area contributed by atoms with Gasteiger partial charge in [-0.1, -0.05) is 30.3 Å². The fourth-order valence-corrected chi connectivity index (χ4v) is 3.88. The SMILES string of the molecule is Cc1cccc(S(=O)(=O)n2cc(F)c(=NC(=O)Oc3ccccc3)n(C)c2=O)c1. The first kappa shape index (κ1) is 20.2. The summed E-state index contributed by atoms with van der Waals surface area (Å²) < 4.78 is 45.9. The van der Waals surface area contributed by atoms with Gasteiger partial charge in [-0.15, -0.1) is 0 Å². The lowest BCUT2D eigenvalue weighted by molar-refractivity contribution is 0.209. The van der Waals surface area contributed by atoms with Crippen molar-refractivity contribution in [2.45, 2.75) is 11.8 Å². The zero-order chi connectivity index (χ0) is 21.2. The minimum absolute atomic E-state index is 0.174. The van der Waals surface area contributed by atoms with Gasteiger partial charge in [0.25, 0.3) is 10.0 Å². The highest BCUT2D eigenvalue weighted by Crippen LogP contribution is 2.13. The zero-order valence-electron chi connectivity index (χ0n) is 15.4. The van der Waals surface area contributed by atoms with Gasteiger partial charge in [0.1, 0.15) is 5.75 Å². The van der Waals surface area contributed by atoms with Gasteiger partial charge in [-0.25, -0.2) is 22.4 Å². The molecule has 0 radical (unpaired) electrons. The molecular weight excluding hydrogens is 401 g/mol. The second kappa shape index (κ2) is 7.84. The van der Waals surface area contributed by atoms with Crippen molar-refractivity contribution in [1.29, 1.82) is 0 Å². The van der Waals surface area contributed by atoms with E-state index in [-0.39, 0.29) is 14.6 Å². The molecule has 0 aliphatic rings. The van der Waals surface area contributed by atoms with E-state index in [1.807, 2.05) is 0 Å². The second-order valence-electron chi connectivity index (χ2n) is 6.05. The molecule has 0 aliphatic carbocycles. The van der Waals surface area contributed by atoms with Gasteiger partial charge in [-0.05, 0) is 36.8 Å². The molecule has 1 amide bonds. The lowest BCUT2D eigenvalue weighted by Crippen LogP contribution is -2.43. The van der Waals surface area contributed by atoms with Crippen LogP contribution in [0.4, 0.5) is 9.18 Å². The van der Waals surface area contributed by atoms with Crippen molar-refractivity contribution in [1.82, 2.24) is 8.54 Å². The van der Waals surface area contributed by atoms with Gasteiger partial charge in [-0.3, -0.25) is 4.57 Å². The van der Waals surface area contributed by atoms with Gasteiger partial charge in [-0.2, -0.15) is 8.96 Å². The van der Waals surface area contributed by atoms with Gasteiger partial charge in [0.05, 0.1) is 11.1 Å². The topological polar surface area (TPSA) is 99.7 Å². The minimum atomic E-state index is -4.35. The summed E-state index contributed by atoms with van der Waals surface area (Å²) in [5.41, 5.74) is -1.11. The quantitative estimate of drug-likeness (QED) is 0.649. The normalized spacial score (nSPS) is 12.0. The van der Waals surface area contributed by atoms with Crippen molar-refractivity contribution in [3.63, 3.8) is 0 Å². The van der Waals surface area contributed by atoms with Gasteiger partial charge < -0.3 is 4.74 Å². The molecule has 0 saturated heterocycles. The molecule has 0 fully saturated rings. The van der Waals surface area contributed by atoms with E-state index in [0.29, 0.717) is 16.3 Å². The summed E-state index contributed by atoms with van der Waals surface area (Å²) in [5.74, 6) is -1.01. The number of para-hydroxylation sites is 1. The smallest absolute Gasteiger partial charge is 0.409 e. The number of carbonyl (C=O) groups is 1. The van der Waals surface area contributed by atoms with Gasteiger partial charge in [0.15, 0.2) is 11.3 Å². The number of hydrogen-bond donors (Lipinski definition) is 0. The first-order valence-corrected chi connectivity index (χ1v) is 9.76. The van der Waals surface area contributed by atoms with E-state index in [1.165, 1.54) is 30.3 Å². The lowest BCUT2D eigenvalue weighted by atomic mass is 10.2.